The topological polar surface area (TPSA) is 81.8 Å². The van der Waals surface area contributed by atoms with E-state index in [1.165, 1.54) is 0 Å². The molecule has 0 saturated carbocycles. The number of urea groups is 1. The van der Waals surface area contributed by atoms with E-state index < -0.39 is 0 Å². The fraction of sp³-hybridized carbons (Fsp3) is 0.111. The highest BCUT2D eigenvalue weighted by atomic mass is 35.5. The van der Waals surface area contributed by atoms with Crippen molar-refractivity contribution in [2.75, 3.05) is 10.0 Å². The van der Waals surface area contributed by atoms with Crippen molar-refractivity contribution in [2.24, 2.45) is 0 Å². The van der Waals surface area contributed by atoms with Gasteiger partial charge in [-0.05, 0) is 53.9 Å². The number of aromatic amines is 1. The molecule has 2 amide bonds. The van der Waals surface area contributed by atoms with Gasteiger partial charge in [-0.3, -0.25) is 5.10 Å². The van der Waals surface area contributed by atoms with Crippen LogP contribution in [0, 0.1) is 0 Å². The smallest absolute Gasteiger partial charge is 0.319 e. The van der Waals surface area contributed by atoms with Gasteiger partial charge in [0.15, 0.2) is 0 Å². The number of rotatable bonds is 7. The van der Waals surface area contributed by atoms with Crippen LogP contribution in [-0.4, -0.2) is 16.2 Å². The minimum Gasteiger partial charge on any atom is -0.334 e. The Kier molecular flexibility index (Phi) is 6.40. The van der Waals surface area contributed by atoms with Crippen molar-refractivity contribution in [3.05, 3.63) is 77.1 Å². The van der Waals surface area contributed by atoms with E-state index in [9.17, 15) is 4.79 Å². The summed E-state index contributed by atoms with van der Waals surface area (Å²) in [7, 11) is 0. The van der Waals surface area contributed by atoms with Gasteiger partial charge in [-0.1, -0.05) is 23.7 Å². The molecule has 0 radical (unpaired) electrons. The fourth-order valence-electron chi connectivity index (χ4n) is 2.18. The average Bonchev–Trinajstić information content (AvgIpc) is 3.15. The number of hydrogen-bond acceptors (Lipinski definition) is 4. The van der Waals surface area contributed by atoms with Crippen molar-refractivity contribution in [2.45, 2.75) is 12.3 Å². The van der Waals surface area contributed by atoms with Crippen LogP contribution in [0.25, 0.3) is 0 Å². The summed E-state index contributed by atoms with van der Waals surface area (Å²) in [4.78, 5) is 11.9. The van der Waals surface area contributed by atoms with Crippen LogP contribution in [0.3, 0.4) is 0 Å². The zero-order valence-electron chi connectivity index (χ0n) is 13.8. The number of halogens is 1. The summed E-state index contributed by atoms with van der Waals surface area (Å²) in [6.07, 6.45) is 3.41. The van der Waals surface area contributed by atoms with E-state index >= 15 is 0 Å². The van der Waals surface area contributed by atoms with E-state index in [1.807, 2.05) is 48.5 Å². The normalized spacial score (nSPS) is 10.3. The standard InChI is InChI=1S/C18H18ClN5OS/c19-15-3-1-2-13(8-15)12-26-24-17-6-4-16(5-7-17)23-18(25)20-9-14-10-21-22-11-14/h1-8,10-11,24H,9,12H2,(H,21,22)(H2,20,23,25). The first-order valence-electron chi connectivity index (χ1n) is 7.94. The van der Waals surface area contributed by atoms with Gasteiger partial charge in [0.1, 0.15) is 0 Å². The molecule has 0 unspecified atom stereocenters. The first kappa shape index (κ1) is 18.2. The maximum atomic E-state index is 11.9. The van der Waals surface area contributed by atoms with Gasteiger partial charge in [0, 0.05) is 40.5 Å². The lowest BCUT2D eigenvalue weighted by atomic mass is 10.2. The Bertz CT molecular complexity index is 839. The lowest BCUT2D eigenvalue weighted by Gasteiger charge is -2.09. The molecule has 1 aromatic heterocycles. The molecule has 26 heavy (non-hydrogen) atoms. The Labute approximate surface area is 160 Å². The highest BCUT2D eigenvalue weighted by molar-refractivity contribution is 7.99. The number of carbonyl (C=O) groups excluding carboxylic acids is 1. The number of nitrogens with one attached hydrogen (secondary N) is 4. The van der Waals surface area contributed by atoms with Crippen LogP contribution < -0.4 is 15.4 Å². The lowest BCUT2D eigenvalue weighted by Crippen LogP contribution is -2.27. The summed E-state index contributed by atoms with van der Waals surface area (Å²) in [5.74, 6) is 0.803. The molecule has 134 valence electrons. The van der Waals surface area contributed by atoms with E-state index in [1.54, 1.807) is 24.3 Å². The second-order valence-corrected chi connectivity index (χ2v) is 6.73. The SMILES string of the molecule is O=C(NCc1cn[nH]c1)Nc1ccc(NSCc2cccc(Cl)c2)cc1. The molecule has 0 spiro atoms. The van der Waals surface area contributed by atoms with E-state index in [4.69, 9.17) is 11.6 Å². The van der Waals surface area contributed by atoms with Gasteiger partial charge in [0.05, 0.1) is 6.20 Å². The minimum atomic E-state index is -0.262. The quantitative estimate of drug-likeness (QED) is 0.445. The first-order chi connectivity index (χ1) is 12.7. The van der Waals surface area contributed by atoms with Crippen LogP contribution in [0.1, 0.15) is 11.1 Å². The number of carbonyl (C=O) groups is 1. The largest absolute Gasteiger partial charge is 0.334 e. The van der Waals surface area contributed by atoms with E-state index in [-0.39, 0.29) is 6.03 Å². The lowest BCUT2D eigenvalue weighted by molar-refractivity contribution is 0.251. The number of anilines is 2. The molecule has 0 aliphatic carbocycles. The number of benzene rings is 2. The maximum Gasteiger partial charge on any atom is 0.319 e. The molecule has 4 N–H and O–H groups in total. The molecule has 6 nitrogen and oxygen atoms in total. The van der Waals surface area contributed by atoms with Crippen LogP contribution >= 0.6 is 23.5 Å². The Hall–Kier alpha value is -2.64. The second-order valence-electron chi connectivity index (χ2n) is 5.51. The molecular formula is C18H18ClN5OS. The van der Waals surface area contributed by atoms with Gasteiger partial charge in [0.25, 0.3) is 0 Å². The summed E-state index contributed by atoms with van der Waals surface area (Å²) >= 11 is 7.55. The number of aromatic nitrogens is 2. The summed E-state index contributed by atoms with van der Waals surface area (Å²) in [6.45, 7) is 0.419. The third kappa shape index (κ3) is 5.72. The molecule has 3 aromatic rings. The molecule has 1 heterocycles. The van der Waals surface area contributed by atoms with Crippen molar-refractivity contribution in [1.29, 1.82) is 0 Å². The third-order valence-corrected chi connectivity index (χ3v) is 4.56. The summed E-state index contributed by atoms with van der Waals surface area (Å²) < 4.78 is 3.27. The average molecular weight is 388 g/mol. The van der Waals surface area contributed by atoms with Crippen molar-refractivity contribution in [3.8, 4) is 0 Å². The molecule has 0 aliphatic rings. The highest BCUT2D eigenvalue weighted by Crippen LogP contribution is 2.20. The number of hydrogen-bond donors (Lipinski definition) is 4. The van der Waals surface area contributed by atoms with Gasteiger partial charge in [-0.25, -0.2) is 4.79 Å². The molecule has 3 rings (SSSR count). The monoisotopic (exact) mass is 387 g/mol. The molecular weight excluding hydrogens is 370 g/mol. The predicted molar refractivity (Wildman–Crippen MR) is 107 cm³/mol. The Morgan fingerprint density at radius 3 is 2.65 bits per heavy atom. The number of nitrogens with zero attached hydrogens (tertiary/aromatic N) is 1. The minimum absolute atomic E-state index is 0.262. The predicted octanol–water partition coefficient (Wildman–Crippen LogP) is 4.65. The van der Waals surface area contributed by atoms with Gasteiger partial charge < -0.3 is 15.4 Å². The summed E-state index contributed by atoms with van der Waals surface area (Å²) in [5, 5.41) is 12.8. The molecule has 2 aromatic carbocycles. The number of H-pyrrole nitrogens is 1. The molecule has 0 aliphatic heterocycles. The first-order valence-corrected chi connectivity index (χ1v) is 9.30. The van der Waals surface area contributed by atoms with Gasteiger partial charge in [-0.15, -0.1) is 0 Å². The van der Waals surface area contributed by atoms with Crippen molar-refractivity contribution >= 4 is 41.0 Å². The van der Waals surface area contributed by atoms with Crippen molar-refractivity contribution in [3.63, 3.8) is 0 Å². The second kappa shape index (κ2) is 9.17. The van der Waals surface area contributed by atoms with Gasteiger partial charge in [-0.2, -0.15) is 5.10 Å². The third-order valence-electron chi connectivity index (χ3n) is 3.47. The van der Waals surface area contributed by atoms with Crippen molar-refractivity contribution in [1.82, 2.24) is 15.5 Å². The zero-order valence-corrected chi connectivity index (χ0v) is 15.4. The molecule has 0 bridgehead atoms. The van der Waals surface area contributed by atoms with E-state index in [0.717, 1.165) is 33.3 Å². The fourth-order valence-corrected chi connectivity index (χ4v) is 3.12. The van der Waals surface area contributed by atoms with Gasteiger partial charge in [0.2, 0.25) is 0 Å². The van der Waals surface area contributed by atoms with Crippen LogP contribution in [0.2, 0.25) is 5.02 Å². The van der Waals surface area contributed by atoms with Crippen LogP contribution in [0.15, 0.2) is 60.9 Å². The number of amides is 2. The summed E-state index contributed by atoms with van der Waals surface area (Å²) in [6, 6.07) is 15.0. The molecule has 0 fully saturated rings. The van der Waals surface area contributed by atoms with Crippen LogP contribution in [-0.2, 0) is 12.3 Å². The van der Waals surface area contributed by atoms with Crippen molar-refractivity contribution < 1.29 is 4.79 Å². The molecule has 0 atom stereocenters. The Balaban J connectivity index is 1.42. The van der Waals surface area contributed by atoms with E-state index in [2.05, 4.69) is 25.6 Å². The van der Waals surface area contributed by atoms with Gasteiger partial charge >= 0.3 is 6.03 Å². The molecule has 0 saturated heterocycles. The van der Waals surface area contributed by atoms with Crippen LogP contribution in [0.5, 0.6) is 0 Å². The molecule has 8 heteroatoms. The summed E-state index contributed by atoms with van der Waals surface area (Å²) in [5.41, 5.74) is 3.75. The highest BCUT2D eigenvalue weighted by Gasteiger charge is 2.03. The maximum absolute atomic E-state index is 11.9. The zero-order chi connectivity index (χ0) is 18.2. The Morgan fingerprint density at radius 1 is 1.12 bits per heavy atom. The van der Waals surface area contributed by atoms with Crippen LogP contribution in [0.4, 0.5) is 16.2 Å². The van der Waals surface area contributed by atoms with E-state index in [0.29, 0.717) is 6.54 Å². The Morgan fingerprint density at radius 2 is 1.92 bits per heavy atom.